The molecule has 0 aliphatic carbocycles. The molecule has 4 rings (SSSR count). The van der Waals surface area contributed by atoms with E-state index in [1.54, 1.807) is 23.0 Å². The number of benzene rings is 2. The van der Waals surface area contributed by atoms with Crippen LogP contribution in [-0.4, -0.2) is 61.4 Å². The van der Waals surface area contributed by atoms with Gasteiger partial charge in [-0.1, -0.05) is 17.7 Å². The van der Waals surface area contributed by atoms with E-state index in [2.05, 4.69) is 0 Å². The number of amides is 1. The van der Waals surface area contributed by atoms with Crippen LogP contribution in [0.2, 0.25) is 5.02 Å². The lowest BCUT2D eigenvalue weighted by Crippen LogP contribution is -2.50. The zero-order valence-electron chi connectivity index (χ0n) is 17.5. The van der Waals surface area contributed by atoms with Gasteiger partial charge in [-0.2, -0.15) is 4.31 Å². The van der Waals surface area contributed by atoms with Crippen molar-refractivity contribution in [1.82, 2.24) is 13.8 Å². The van der Waals surface area contributed by atoms with Crippen LogP contribution in [0, 0.1) is 11.6 Å². The van der Waals surface area contributed by atoms with Crippen LogP contribution in [-0.2, 0) is 10.0 Å². The van der Waals surface area contributed by atoms with Crippen LogP contribution in [0.1, 0.15) is 10.4 Å². The molecule has 0 spiro atoms. The summed E-state index contributed by atoms with van der Waals surface area (Å²) in [5.41, 5.74) is 0.868. The summed E-state index contributed by atoms with van der Waals surface area (Å²) < 4.78 is 61.8. The molecule has 1 aliphatic heterocycles. The average Bonchev–Trinajstić information content (AvgIpc) is 3.33. The minimum Gasteiger partial charge on any atom is -0.496 e. The Labute approximate surface area is 194 Å². The number of ether oxygens (including phenoxy) is 1. The van der Waals surface area contributed by atoms with E-state index in [0.29, 0.717) is 16.5 Å². The second kappa shape index (κ2) is 9.12. The van der Waals surface area contributed by atoms with Crippen LogP contribution in [0.3, 0.4) is 0 Å². The topological polar surface area (TPSA) is 71.8 Å². The number of aromatic nitrogens is 1. The lowest BCUT2D eigenvalue weighted by molar-refractivity contribution is 0.0694. The van der Waals surface area contributed by atoms with E-state index in [1.165, 1.54) is 18.1 Å². The van der Waals surface area contributed by atoms with Crippen LogP contribution in [0.5, 0.6) is 5.75 Å². The van der Waals surface area contributed by atoms with Gasteiger partial charge in [-0.15, -0.1) is 0 Å². The van der Waals surface area contributed by atoms with Crippen molar-refractivity contribution in [1.29, 1.82) is 0 Å². The molecule has 0 unspecified atom stereocenters. The van der Waals surface area contributed by atoms with Gasteiger partial charge in [0.15, 0.2) is 4.90 Å². The average molecular weight is 496 g/mol. The maximum absolute atomic E-state index is 14.0. The Morgan fingerprint density at radius 3 is 2.18 bits per heavy atom. The molecule has 1 aliphatic rings. The lowest BCUT2D eigenvalue weighted by Gasteiger charge is -2.34. The summed E-state index contributed by atoms with van der Waals surface area (Å²) in [5.74, 6) is -2.38. The zero-order valence-corrected chi connectivity index (χ0v) is 19.1. The molecule has 0 radical (unpaired) electrons. The van der Waals surface area contributed by atoms with Gasteiger partial charge in [0.1, 0.15) is 17.4 Å². The van der Waals surface area contributed by atoms with E-state index in [-0.39, 0.29) is 37.6 Å². The Bertz CT molecular complexity index is 1270. The third kappa shape index (κ3) is 4.33. The number of carbonyl (C=O) groups is 1. The maximum Gasteiger partial charge on any atom is 0.257 e. The molecule has 0 N–H and O–H groups in total. The first-order chi connectivity index (χ1) is 15.7. The molecule has 33 heavy (non-hydrogen) atoms. The van der Waals surface area contributed by atoms with E-state index in [1.807, 2.05) is 12.1 Å². The Kier molecular flexibility index (Phi) is 6.42. The highest BCUT2D eigenvalue weighted by Gasteiger charge is 2.34. The van der Waals surface area contributed by atoms with E-state index < -0.39 is 26.6 Å². The highest BCUT2D eigenvalue weighted by Crippen LogP contribution is 2.31. The smallest absolute Gasteiger partial charge is 0.257 e. The van der Waals surface area contributed by atoms with Crippen LogP contribution in [0.4, 0.5) is 8.78 Å². The summed E-state index contributed by atoms with van der Waals surface area (Å²) >= 11 is 6.41. The van der Waals surface area contributed by atoms with Crippen LogP contribution in [0.25, 0.3) is 5.69 Å². The van der Waals surface area contributed by atoms with Gasteiger partial charge in [0.2, 0.25) is 10.0 Å². The molecule has 0 bridgehead atoms. The molecule has 0 atom stereocenters. The molecule has 1 aromatic heterocycles. The Morgan fingerprint density at radius 2 is 1.61 bits per heavy atom. The van der Waals surface area contributed by atoms with Crippen molar-refractivity contribution in [2.24, 2.45) is 0 Å². The third-order valence-corrected chi connectivity index (χ3v) is 7.68. The number of halogens is 3. The van der Waals surface area contributed by atoms with Gasteiger partial charge in [0, 0.05) is 44.6 Å². The fourth-order valence-electron chi connectivity index (χ4n) is 3.73. The Morgan fingerprint density at radius 1 is 1.00 bits per heavy atom. The second-order valence-electron chi connectivity index (χ2n) is 7.34. The first kappa shape index (κ1) is 23.2. The molecular weight excluding hydrogens is 476 g/mol. The number of hydrogen-bond donors (Lipinski definition) is 0. The highest BCUT2D eigenvalue weighted by atomic mass is 35.5. The van der Waals surface area contributed by atoms with E-state index in [0.717, 1.165) is 22.5 Å². The van der Waals surface area contributed by atoms with E-state index in [9.17, 15) is 22.0 Å². The first-order valence-corrected chi connectivity index (χ1v) is 11.8. The van der Waals surface area contributed by atoms with Gasteiger partial charge in [-0.3, -0.25) is 4.79 Å². The van der Waals surface area contributed by atoms with E-state index >= 15 is 0 Å². The standard InChI is InChI=1S/C22H20ClF2N3O4S/c1-32-20-14-19(26-7-2-3-8-26)16(23)13-15(20)22(29)27-9-11-28(12-10-27)33(30,31)21-17(24)5-4-6-18(21)25/h2-8,13-14H,9-12H2,1H3. The fourth-order valence-corrected chi connectivity index (χ4v) is 5.52. The van der Waals surface area contributed by atoms with Crippen molar-refractivity contribution in [2.75, 3.05) is 33.3 Å². The van der Waals surface area contributed by atoms with Gasteiger partial charge in [-0.05, 0) is 30.3 Å². The van der Waals surface area contributed by atoms with Crippen molar-refractivity contribution in [3.8, 4) is 11.4 Å². The van der Waals surface area contributed by atoms with Gasteiger partial charge in [0.25, 0.3) is 5.91 Å². The quantitative estimate of drug-likeness (QED) is 0.542. The number of sulfonamides is 1. The highest BCUT2D eigenvalue weighted by molar-refractivity contribution is 7.89. The van der Waals surface area contributed by atoms with Gasteiger partial charge >= 0.3 is 0 Å². The molecule has 2 heterocycles. The first-order valence-electron chi connectivity index (χ1n) is 9.98. The molecule has 1 amide bonds. The molecule has 7 nitrogen and oxygen atoms in total. The van der Waals surface area contributed by atoms with Crippen molar-refractivity contribution < 1.29 is 26.7 Å². The molecule has 0 saturated carbocycles. The van der Waals surface area contributed by atoms with Crippen molar-refractivity contribution >= 4 is 27.5 Å². The van der Waals surface area contributed by atoms with Crippen LogP contribution in [0.15, 0.2) is 59.8 Å². The molecule has 174 valence electrons. The minimum atomic E-state index is -4.39. The molecule has 2 aromatic carbocycles. The molecular formula is C22H20ClF2N3O4S. The Balaban J connectivity index is 1.54. The van der Waals surface area contributed by atoms with Gasteiger partial charge in [0.05, 0.1) is 23.4 Å². The fraction of sp³-hybridized carbons (Fsp3) is 0.227. The van der Waals surface area contributed by atoms with Crippen molar-refractivity contribution in [3.63, 3.8) is 0 Å². The lowest BCUT2D eigenvalue weighted by atomic mass is 10.1. The minimum absolute atomic E-state index is 0.0360. The number of rotatable bonds is 5. The summed E-state index contributed by atoms with van der Waals surface area (Å²) in [6.07, 6.45) is 3.61. The van der Waals surface area contributed by atoms with Crippen LogP contribution >= 0.6 is 11.6 Å². The normalized spacial score (nSPS) is 15.0. The largest absolute Gasteiger partial charge is 0.496 e. The number of methoxy groups -OCH3 is 1. The summed E-state index contributed by atoms with van der Waals surface area (Å²) in [6.45, 7) is -0.152. The SMILES string of the molecule is COc1cc(-n2cccc2)c(Cl)cc1C(=O)N1CCN(S(=O)(=O)c2c(F)cccc2F)CC1. The summed E-state index contributed by atoms with van der Waals surface area (Å²) in [4.78, 5) is 13.6. The van der Waals surface area contributed by atoms with Gasteiger partial charge < -0.3 is 14.2 Å². The van der Waals surface area contributed by atoms with Crippen molar-refractivity contribution in [3.05, 3.63) is 77.1 Å². The molecule has 11 heteroatoms. The summed E-state index contributed by atoms with van der Waals surface area (Å²) in [6, 6.07) is 9.71. The summed E-state index contributed by atoms with van der Waals surface area (Å²) in [5, 5.41) is 0.339. The number of hydrogen-bond acceptors (Lipinski definition) is 4. The molecule has 3 aromatic rings. The summed E-state index contributed by atoms with van der Waals surface area (Å²) in [7, 11) is -2.95. The van der Waals surface area contributed by atoms with Crippen LogP contribution < -0.4 is 4.74 Å². The zero-order chi connectivity index (χ0) is 23.8. The van der Waals surface area contributed by atoms with E-state index in [4.69, 9.17) is 16.3 Å². The molecule has 1 fully saturated rings. The van der Waals surface area contributed by atoms with Gasteiger partial charge in [-0.25, -0.2) is 17.2 Å². The predicted octanol–water partition coefficient (Wildman–Crippen LogP) is 3.56. The number of carbonyl (C=O) groups excluding carboxylic acids is 1. The third-order valence-electron chi connectivity index (χ3n) is 5.42. The Hall–Kier alpha value is -2.95. The number of piperazine rings is 1. The monoisotopic (exact) mass is 495 g/mol. The maximum atomic E-state index is 14.0. The molecule has 1 saturated heterocycles. The second-order valence-corrected chi connectivity index (χ2v) is 9.62. The predicted molar refractivity (Wildman–Crippen MR) is 118 cm³/mol. The number of nitrogens with zero attached hydrogens (tertiary/aromatic N) is 3. The van der Waals surface area contributed by atoms with Crippen molar-refractivity contribution in [2.45, 2.75) is 4.90 Å².